The lowest BCUT2D eigenvalue weighted by Gasteiger charge is -2.25. The van der Waals surface area contributed by atoms with Gasteiger partial charge in [-0.2, -0.15) is 0 Å². The highest BCUT2D eigenvalue weighted by atomic mass is 16.2. The molecule has 3 rings (SSSR count). The van der Waals surface area contributed by atoms with Crippen molar-refractivity contribution in [2.45, 2.75) is 45.1 Å². The maximum atomic E-state index is 12.7. The van der Waals surface area contributed by atoms with Crippen molar-refractivity contribution in [3.8, 4) is 0 Å². The van der Waals surface area contributed by atoms with Gasteiger partial charge in [0.1, 0.15) is 5.92 Å². The first-order chi connectivity index (χ1) is 11.6. The Bertz CT molecular complexity index is 591. The highest BCUT2D eigenvalue weighted by Crippen LogP contribution is 2.27. The maximum Gasteiger partial charge on any atom is 0.239 e. The minimum Gasteiger partial charge on any atom is -0.351 e. The van der Waals surface area contributed by atoms with Gasteiger partial charge >= 0.3 is 0 Å². The number of carbonyl (C=O) groups excluding carboxylic acids is 2. The van der Waals surface area contributed by atoms with Crippen LogP contribution in [0, 0.1) is 5.92 Å². The van der Waals surface area contributed by atoms with Gasteiger partial charge in [-0.15, -0.1) is 0 Å². The molecule has 2 amide bonds. The average Bonchev–Trinajstić information content (AvgIpc) is 2.97. The van der Waals surface area contributed by atoms with Crippen molar-refractivity contribution in [2.24, 2.45) is 5.92 Å². The molecule has 2 atom stereocenters. The fourth-order valence-electron chi connectivity index (χ4n) is 3.50. The van der Waals surface area contributed by atoms with Gasteiger partial charge in [-0.25, -0.2) is 0 Å². The molecule has 2 saturated heterocycles. The first-order valence-corrected chi connectivity index (χ1v) is 8.98. The number of anilines is 1. The molecule has 2 heterocycles. The van der Waals surface area contributed by atoms with Crippen molar-refractivity contribution in [3.63, 3.8) is 0 Å². The fraction of sp³-hybridized carbons (Fsp3) is 0.579. The monoisotopic (exact) mass is 329 g/mol. The minimum atomic E-state index is -0.545. The van der Waals surface area contributed by atoms with Gasteiger partial charge in [-0.3, -0.25) is 9.59 Å². The molecule has 1 aromatic rings. The van der Waals surface area contributed by atoms with Crippen LogP contribution in [-0.4, -0.2) is 37.5 Å². The topological polar surface area (TPSA) is 61.4 Å². The molecular formula is C19H27N3O2. The van der Waals surface area contributed by atoms with Crippen LogP contribution in [0.5, 0.6) is 0 Å². The predicted molar refractivity (Wildman–Crippen MR) is 95.0 cm³/mol. The van der Waals surface area contributed by atoms with Crippen molar-refractivity contribution in [2.75, 3.05) is 24.5 Å². The van der Waals surface area contributed by atoms with Crippen LogP contribution in [0.3, 0.4) is 0 Å². The molecular weight excluding hydrogens is 302 g/mol. The van der Waals surface area contributed by atoms with E-state index < -0.39 is 5.92 Å². The molecule has 2 aliphatic rings. The number of rotatable bonds is 4. The molecule has 2 aliphatic heterocycles. The van der Waals surface area contributed by atoms with Crippen LogP contribution in [0.2, 0.25) is 0 Å². The summed E-state index contributed by atoms with van der Waals surface area (Å²) in [6.07, 6.45) is 2.65. The minimum absolute atomic E-state index is 0.0754. The van der Waals surface area contributed by atoms with Crippen LogP contribution < -0.4 is 15.5 Å². The van der Waals surface area contributed by atoms with E-state index in [0.29, 0.717) is 18.9 Å². The SMILES string of the molecule is CC(C)c1ccc(N2CCC(C(=O)N[C@H]3CCCNC3)C2=O)cc1. The van der Waals surface area contributed by atoms with Crippen LogP contribution in [-0.2, 0) is 9.59 Å². The van der Waals surface area contributed by atoms with Crippen LogP contribution in [0.25, 0.3) is 0 Å². The molecule has 5 nitrogen and oxygen atoms in total. The van der Waals surface area contributed by atoms with Crippen LogP contribution >= 0.6 is 0 Å². The molecule has 2 fully saturated rings. The molecule has 1 unspecified atom stereocenters. The summed E-state index contributed by atoms with van der Waals surface area (Å²) in [6.45, 7) is 6.72. The third-order valence-corrected chi connectivity index (χ3v) is 5.04. The van der Waals surface area contributed by atoms with E-state index in [9.17, 15) is 9.59 Å². The Hall–Kier alpha value is -1.88. The second-order valence-electron chi connectivity index (χ2n) is 7.13. The Morgan fingerprint density at radius 2 is 2.00 bits per heavy atom. The number of nitrogens with zero attached hydrogens (tertiary/aromatic N) is 1. The molecule has 0 aliphatic carbocycles. The largest absolute Gasteiger partial charge is 0.351 e. The van der Waals surface area contributed by atoms with Gasteiger partial charge in [0.25, 0.3) is 0 Å². The van der Waals surface area contributed by atoms with E-state index in [0.717, 1.165) is 31.6 Å². The zero-order chi connectivity index (χ0) is 17.1. The van der Waals surface area contributed by atoms with Crippen LogP contribution in [0.4, 0.5) is 5.69 Å². The van der Waals surface area contributed by atoms with E-state index in [1.54, 1.807) is 4.90 Å². The molecule has 24 heavy (non-hydrogen) atoms. The van der Waals surface area contributed by atoms with Gasteiger partial charge in [0.2, 0.25) is 11.8 Å². The van der Waals surface area contributed by atoms with Crippen molar-refractivity contribution in [1.82, 2.24) is 10.6 Å². The molecule has 0 radical (unpaired) electrons. The van der Waals surface area contributed by atoms with Gasteiger partial charge in [0, 0.05) is 24.8 Å². The lowest BCUT2D eigenvalue weighted by Crippen LogP contribution is -2.48. The summed E-state index contributed by atoms with van der Waals surface area (Å²) < 4.78 is 0. The van der Waals surface area contributed by atoms with E-state index in [-0.39, 0.29) is 17.9 Å². The van der Waals surface area contributed by atoms with Crippen molar-refractivity contribution >= 4 is 17.5 Å². The van der Waals surface area contributed by atoms with E-state index in [1.165, 1.54) is 5.56 Å². The lowest BCUT2D eigenvalue weighted by atomic mass is 10.0. The first-order valence-electron chi connectivity index (χ1n) is 8.98. The highest BCUT2D eigenvalue weighted by Gasteiger charge is 2.38. The Kier molecular flexibility index (Phi) is 5.19. The summed E-state index contributed by atoms with van der Waals surface area (Å²) >= 11 is 0. The Labute approximate surface area is 143 Å². The third kappa shape index (κ3) is 3.61. The van der Waals surface area contributed by atoms with Crippen molar-refractivity contribution in [3.05, 3.63) is 29.8 Å². The van der Waals surface area contributed by atoms with Gasteiger partial charge < -0.3 is 15.5 Å². The highest BCUT2D eigenvalue weighted by molar-refractivity contribution is 6.09. The second kappa shape index (κ2) is 7.34. The quantitative estimate of drug-likeness (QED) is 0.831. The predicted octanol–water partition coefficient (Wildman–Crippen LogP) is 2.03. The van der Waals surface area contributed by atoms with Gasteiger partial charge in [-0.05, 0) is 49.4 Å². The maximum absolute atomic E-state index is 12.7. The summed E-state index contributed by atoms with van der Waals surface area (Å²) in [5, 5.41) is 6.32. The van der Waals surface area contributed by atoms with E-state index in [2.05, 4.69) is 36.6 Å². The summed E-state index contributed by atoms with van der Waals surface area (Å²) in [5.41, 5.74) is 2.14. The van der Waals surface area contributed by atoms with Gasteiger partial charge in [-0.1, -0.05) is 26.0 Å². The number of benzene rings is 1. The number of piperidine rings is 1. The lowest BCUT2D eigenvalue weighted by molar-refractivity contribution is -0.132. The first kappa shape index (κ1) is 17.0. The summed E-state index contributed by atoms with van der Waals surface area (Å²) in [6, 6.07) is 8.25. The average molecular weight is 329 g/mol. The molecule has 2 N–H and O–H groups in total. The standard InChI is InChI=1S/C19H27N3O2/c1-13(2)14-5-7-16(8-6-14)22-11-9-17(19(22)24)18(23)21-15-4-3-10-20-12-15/h5-8,13,15,17,20H,3-4,9-12H2,1-2H3,(H,21,23)/t15-,17?/m0/s1. The Balaban J connectivity index is 1.62. The smallest absolute Gasteiger partial charge is 0.239 e. The summed E-state index contributed by atoms with van der Waals surface area (Å²) in [5.74, 6) is -0.267. The molecule has 5 heteroatoms. The number of hydrogen-bond acceptors (Lipinski definition) is 3. The van der Waals surface area contributed by atoms with Crippen molar-refractivity contribution < 1.29 is 9.59 Å². The van der Waals surface area contributed by atoms with E-state index in [1.807, 2.05) is 12.1 Å². The van der Waals surface area contributed by atoms with Gasteiger partial charge in [0.15, 0.2) is 0 Å². The second-order valence-corrected chi connectivity index (χ2v) is 7.13. The molecule has 130 valence electrons. The number of nitrogens with one attached hydrogen (secondary N) is 2. The summed E-state index contributed by atoms with van der Waals surface area (Å²) in [4.78, 5) is 26.9. The number of carbonyl (C=O) groups is 2. The zero-order valence-corrected chi connectivity index (χ0v) is 14.5. The molecule has 0 aromatic heterocycles. The number of hydrogen-bond donors (Lipinski definition) is 2. The molecule has 0 saturated carbocycles. The normalized spacial score (nSPS) is 24.5. The van der Waals surface area contributed by atoms with Crippen LogP contribution in [0.15, 0.2) is 24.3 Å². The Morgan fingerprint density at radius 1 is 1.25 bits per heavy atom. The van der Waals surface area contributed by atoms with Gasteiger partial charge in [0.05, 0.1) is 0 Å². The fourth-order valence-corrected chi connectivity index (χ4v) is 3.50. The van der Waals surface area contributed by atoms with Crippen molar-refractivity contribution in [1.29, 1.82) is 0 Å². The van der Waals surface area contributed by atoms with E-state index >= 15 is 0 Å². The van der Waals surface area contributed by atoms with Crippen LogP contribution in [0.1, 0.15) is 44.6 Å². The zero-order valence-electron chi connectivity index (χ0n) is 14.5. The number of amides is 2. The molecule has 1 aromatic carbocycles. The summed E-state index contributed by atoms with van der Waals surface area (Å²) in [7, 11) is 0. The third-order valence-electron chi connectivity index (χ3n) is 5.04. The Morgan fingerprint density at radius 3 is 2.62 bits per heavy atom. The molecule has 0 bridgehead atoms. The van der Waals surface area contributed by atoms with E-state index in [4.69, 9.17) is 0 Å². The molecule has 0 spiro atoms.